The number of benzene rings is 1. The summed E-state index contributed by atoms with van der Waals surface area (Å²) in [6.07, 6.45) is 1.32. The van der Waals surface area contributed by atoms with Crippen molar-refractivity contribution in [2.45, 2.75) is 39.2 Å². The first-order valence-electron chi connectivity index (χ1n) is 7.31. The maximum atomic E-state index is 12.2. The van der Waals surface area contributed by atoms with Crippen LogP contribution in [0.5, 0.6) is 5.75 Å². The lowest BCUT2D eigenvalue weighted by atomic mass is 9.90. The second-order valence-corrected chi connectivity index (χ2v) is 6.17. The Morgan fingerprint density at radius 2 is 2.09 bits per heavy atom. The predicted molar refractivity (Wildman–Crippen MR) is 81.3 cm³/mol. The number of amides is 1. The third kappa shape index (κ3) is 2.15. The van der Waals surface area contributed by atoms with E-state index < -0.39 is 10.5 Å². The molecule has 0 atom stereocenters. The summed E-state index contributed by atoms with van der Waals surface area (Å²) in [4.78, 5) is 24.5. The number of rotatable bonds is 2. The molecule has 1 amide bonds. The zero-order chi connectivity index (χ0) is 16.1. The molecule has 1 aromatic carbocycles. The molecule has 2 aliphatic rings. The van der Waals surface area contributed by atoms with Crippen LogP contribution in [0.3, 0.4) is 0 Å². The van der Waals surface area contributed by atoms with Crippen molar-refractivity contribution in [3.05, 3.63) is 39.4 Å². The van der Waals surface area contributed by atoms with E-state index in [9.17, 15) is 14.9 Å². The fourth-order valence-corrected chi connectivity index (χ4v) is 2.98. The molecule has 2 heterocycles. The molecule has 0 bridgehead atoms. The first-order valence-corrected chi connectivity index (χ1v) is 7.31. The highest BCUT2D eigenvalue weighted by molar-refractivity contribution is 5.91. The van der Waals surface area contributed by atoms with Crippen LogP contribution in [0.25, 0.3) is 5.70 Å². The van der Waals surface area contributed by atoms with E-state index in [4.69, 9.17) is 4.74 Å². The molecule has 6 nitrogen and oxygen atoms in total. The van der Waals surface area contributed by atoms with Gasteiger partial charge in [-0.3, -0.25) is 14.9 Å². The van der Waals surface area contributed by atoms with Gasteiger partial charge in [-0.1, -0.05) is 0 Å². The molecule has 1 saturated heterocycles. The lowest BCUT2D eigenvalue weighted by Gasteiger charge is -2.38. The van der Waals surface area contributed by atoms with Crippen molar-refractivity contribution in [1.82, 2.24) is 4.90 Å². The third-order valence-corrected chi connectivity index (χ3v) is 4.40. The number of hydrogen-bond acceptors (Lipinski definition) is 4. The Morgan fingerprint density at radius 1 is 1.36 bits per heavy atom. The van der Waals surface area contributed by atoms with E-state index in [0.29, 0.717) is 24.3 Å². The van der Waals surface area contributed by atoms with Crippen LogP contribution >= 0.6 is 0 Å². The fraction of sp³-hybridized carbons (Fsp3) is 0.438. The van der Waals surface area contributed by atoms with E-state index in [1.54, 1.807) is 11.0 Å². The second-order valence-electron chi connectivity index (χ2n) is 6.17. The van der Waals surface area contributed by atoms with Gasteiger partial charge in [0, 0.05) is 30.7 Å². The number of ether oxygens (including phenoxy) is 1. The number of nitro groups is 1. The molecule has 22 heavy (non-hydrogen) atoms. The van der Waals surface area contributed by atoms with E-state index in [-0.39, 0.29) is 11.6 Å². The number of non-ortho nitro benzene ring substituents is 1. The van der Waals surface area contributed by atoms with Gasteiger partial charge in [-0.2, -0.15) is 0 Å². The normalized spacial score (nSPS) is 20.0. The predicted octanol–water partition coefficient (Wildman–Crippen LogP) is 3.12. The van der Waals surface area contributed by atoms with Crippen LogP contribution in [0.15, 0.2) is 23.8 Å². The minimum absolute atomic E-state index is 0.000924. The third-order valence-electron chi connectivity index (χ3n) is 4.40. The molecule has 2 aliphatic heterocycles. The van der Waals surface area contributed by atoms with Crippen molar-refractivity contribution in [3.63, 3.8) is 0 Å². The van der Waals surface area contributed by atoms with Gasteiger partial charge in [-0.15, -0.1) is 0 Å². The molecule has 3 rings (SSSR count). The number of nitrogens with zero attached hydrogens (tertiary/aromatic N) is 2. The number of carbonyl (C=O) groups excluding carboxylic acids is 1. The summed E-state index contributed by atoms with van der Waals surface area (Å²) >= 11 is 0. The molecule has 116 valence electrons. The number of nitro benzene ring substituents is 1. The lowest BCUT2D eigenvalue weighted by Crippen LogP contribution is -2.38. The van der Waals surface area contributed by atoms with Crippen LogP contribution in [0.4, 0.5) is 5.69 Å². The van der Waals surface area contributed by atoms with Gasteiger partial charge in [0.15, 0.2) is 0 Å². The summed E-state index contributed by atoms with van der Waals surface area (Å²) in [5.74, 6) is 0.639. The fourth-order valence-electron chi connectivity index (χ4n) is 2.98. The Balaban J connectivity index is 2.21. The van der Waals surface area contributed by atoms with E-state index in [1.807, 2.05) is 20.8 Å². The molecule has 0 saturated carbocycles. The smallest absolute Gasteiger partial charge is 0.270 e. The van der Waals surface area contributed by atoms with Crippen molar-refractivity contribution in [2.24, 2.45) is 0 Å². The van der Waals surface area contributed by atoms with Crippen molar-refractivity contribution < 1.29 is 14.5 Å². The maximum Gasteiger partial charge on any atom is 0.270 e. The summed E-state index contributed by atoms with van der Waals surface area (Å²) in [5, 5.41) is 11.1. The van der Waals surface area contributed by atoms with Gasteiger partial charge < -0.3 is 9.64 Å². The summed E-state index contributed by atoms with van der Waals surface area (Å²) < 4.78 is 5.97. The Hall–Kier alpha value is -2.37. The van der Waals surface area contributed by atoms with Crippen LogP contribution in [-0.4, -0.2) is 27.9 Å². The largest absolute Gasteiger partial charge is 0.483 e. The van der Waals surface area contributed by atoms with Crippen LogP contribution < -0.4 is 4.74 Å². The van der Waals surface area contributed by atoms with Crippen molar-refractivity contribution in [2.75, 3.05) is 6.54 Å². The molecule has 0 aromatic heterocycles. The van der Waals surface area contributed by atoms with Gasteiger partial charge >= 0.3 is 0 Å². The molecule has 6 heteroatoms. The monoisotopic (exact) mass is 302 g/mol. The minimum atomic E-state index is -0.554. The first kappa shape index (κ1) is 14.6. The highest BCUT2D eigenvalue weighted by Crippen LogP contribution is 2.44. The highest BCUT2D eigenvalue weighted by Gasteiger charge is 2.38. The van der Waals surface area contributed by atoms with Crippen LogP contribution in [-0.2, 0) is 4.79 Å². The van der Waals surface area contributed by atoms with Crippen molar-refractivity contribution >= 4 is 17.3 Å². The highest BCUT2D eigenvalue weighted by atomic mass is 16.6. The Bertz CT molecular complexity index is 706. The van der Waals surface area contributed by atoms with E-state index in [0.717, 1.165) is 17.7 Å². The summed E-state index contributed by atoms with van der Waals surface area (Å²) in [6, 6.07) is 4.54. The summed E-state index contributed by atoms with van der Waals surface area (Å²) in [7, 11) is 0. The van der Waals surface area contributed by atoms with Crippen molar-refractivity contribution in [1.29, 1.82) is 0 Å². The zero-order valence-corrected chi connectivity index (χ0v) is 12.9. The second kappa shape index (κ2) is 4.83. The van der Waals surface area contributed by atoms with Gasteiger partial charge in [0.1, 0.15) is 11.4 Å². The molecule has 1 aromatic rings. The molecule has 0 N–H and O–H groups in total. The van der Waals surface area contributed by atoms with Gasteiger partial charge in [-0.05, 0) is 38.8 Å². The number of hydrogen-bond donors (Lipinski definition) is 0. The number of likely N-dealkylation sites (tertiary alicyclic amines) is 1. The van der Waals surface area contributed by atoms with E-state index >= 15 is 0 Å². The first-order chi connectivity index (χ1) is 10.3. The molecule has 0 aliphatic carbocycles. The molecule has 0 unspecified atom stereocenters. The van der Waals surface area contributed by atoms with Gasteiger partial charge in [0.25, 0.3) is 5.69 Å². The van der Waals surface area contributed by atoms with Crippen LogP contribution in [0.1, 0.15) is 39.2 Å². The van der Waals surface area contributed by atoms with E-state index in [1.165, 1.54) is 12.1 Å². The average molecular weight is 302 g/mol. The Kier molecular flexibility index (Phi) is 3.20. The molecular weight excluding hydrogens is 284 g/mol. The Labute approximate surface area is 128 Å². The SMILES string of the molecule is CC1=C(N2CCCC2=O)c2cc([N+](=O)[O-])ccc2OC1(C)C. The van der Waals surface area contributed by atoms with E-state index in [2.05, 4.69) is 0 Å². The average Bonchev–Trinajstić information content (AvgIpc) is 2.85. The molecule has 0 radical (unpaired) electrons. The number of fused-ring (bicyclic) bond motifs is 1. The molecule has 1 fully saturated rings. The van der Waals surface area contributed by atoms with Crippen molar-refractivity contribution in [3.8, 4) is 5.75 Å². The van der Waals surface area contributed by atoms with Crippen LogP contribution in [0, 0.1) is 10.1 Å². The van der Waals surface area contributed by atoms with Crippen LogP contribution in [0.2, 0.25) is 0 Å². The summed E-state index contributed by atoms with van der Waals surface area (Å²) in [5.41, 5.74) is 1.75. The van der Waals surface area contributed by atoms with Gasteiger partial charge in [0.05, 0.1) is 10.6 Å². The number of carbonyl (C=O) groups is 1. The summed E-state index contributed by atoms with van der Waals surface area (Å²) in [6.45, 7) is 6.44. The molecule has 0 spiro atoms. The standard InChI is InChI=1S/C16H18N2O4/c1-10-15(17-8-4-5-14(17)19)12-9-11(18(20)21)6-7-13(12)22-16(10,2)3/h6-7,9H,4-5,8H2,1-3H3. The minimum Gasteiger partial charge on any atom is -0.483 e. The topological polar surface area (TPSA) is 72.7 Å². The maximum absolute atomic E-state index is 12.2. The quantitative estimate of drug-likeness (QED) is 0.621. The molecular formula is C16H18N2O4. The Morgan fingerprint density at radius 3 is 2.68 bits per heavy atom. The lowest BCUT2D eigenvalue weighted by molar-refractivity contribution is -0.384. The van der Waals surface area contributed by atoms with Gasteiger partial charge in [-0.25, -0.2) is 0 Å². The zero-order valence-electron chi connectivity index (χ0n) is 12.9. The van der Waals surface area contributed by atoms with Gasteiger partial charge in [0.2, 0.25) is 5.91 Å².